The summed E-state index contributed by atoms with van der Waals surface area (Å²) >= 11 is 0. The first kappa shape index (κ1) is 10.7. The van der Waals surface area contributed by atoms with Crippen molar-refractivity contribution < 1.29 is 0 Å². The van der Waals surface area contributed by atoms with E-state index < -0.39 is 0 Å². The Hall–Kier alpha value is -0.830. The van der Waals surface area contributed by atoms with Crippen LogP contribution in [0.5, 0.6) is 0 Å². The normalized spacial score (nSPS) is 21.8. The summed E-state index contributed by atoms with van der Waals surface area (Å²) in [5.74, 6) is 1.21. The number of hydrogen-bond donors (Lipinski definition) is 1. The molecule has 3 heteroatoms. The summed E-state index contributed by atoms with van der Waals surface area (Å²) in [6, 6.07) is 0.728. The van der Waals surface area contributed by atoms with Crippen LogP contribution in [0.2, 0.25) is 0 Å². The Morgan fingerprint density at radius 2 is 2.47 bits per heavy atom. The number of aryl methyl sites for hydroxylation is 2. The number of aromatic nitrogens is 2. The Balaban J connectivity index is 1.81. The first-order chi connectivity index (χ1) is 7.40. The van der Waals surface area contributed by atoms with Crippen LogP contribution < -0.4 is 5.32 Å². The van der Waals surface area contributed by atoms with E-state index in [-0.39, 0.29) is 0 Å². The SMILES string of the molecule is CCc1nccn1CC[C@H]1CCCCN1. The minimum atomic E-state index is 0.728. The molecular formula is C12H21N3. The highest BCUT2D eigenvalue weighted by molar-refractivity contribution is 4.91. The molecule has 1 atom stereocenters. The lowest BCUT2D eigenvalue weighted by atomic mass is 10.0. The molecule has 1 aliphatic heterocycles. The highest BCUT2D eigenvalue weighted by Gasteiger charge is 2.12. The van der Waals surface area contributed by atoms with Crippen molar-refractivity contribution in [2.24, 2.45) is 0 Å². The number of imidazole rings is 1. The van der Waals surface area contributed by atoms with E-state index in [1.54, 1.807) is 0 Å². The van der Waals surface area contributed by atoms with Crippen molar-refractivity contribution in [3.63, 3.8) is 0 Å². The third-order valence-electron chi connectivity index (χ3n) is 3.25. The lowest BCUT2D eigenvalue weighted by molar-refractivity contribution is 0.365. The van der Waals surface area contributed by atoms with Crippen LogP contribution in [0.25, 0.3) is 0 Å². The van der Waals surface area contributed by atoms with Crippen LogP contribution in [0.15, 0.2) is 12.4 Å². The van der Waals surface area contributed by atoms with Gasteiger partial charge >= 0.3 is 0 Å². The standard InChI is InChI=1S/C12H21N3/c1-2-12-14-8-10-15(12)9-6-11-5-3-4-7-13-11/h8,10-11,13H,2-7,9H2,1H3/t11-/m1/s1. The molecule has 2 rings (SSSR count). The van der Waals surface area contributed by atoms with Gasteiger partial charge in [0.05, 0.1) is 0 Å². The summed E-state index contributed by atoms with van der Waals surface area (Å²) in [6.07, 6.45) is 10.4. The molecule has 2 heterocycles. The van der Waals surface area contributed by atoms with Gasteiger partial charge in [-0.15, -0.1) is 0 Å². The van der Waals surface area contributed by atoms with Crippen LogP contribution in [-0.4, -0.2) is 22.1 Å². The Morgan fingerprint density at radius 3 is 3.20 bits per heavy atom. The first-order valence-corrected chi connectivity index (χ1v) is 6.13. The molecule has 15 heavy (non-hydrogen) atoms. The zero-order chi connectivity index (χ0) is 10.5. The summed E-state index contributed by atoms with van der Waals surface area (Å²) in [4.78, 5) is 4.34. The minimum Gasteiger partial charge on any atom is -0.335 e. The van der Waals surface area contributed by atoms with Crippen LogP contribution >= 0.6 is 0 Å². The Kier molecular flexibility index (Phi) is 3.78. The monoisotopic (exact) mass is 207 g/mol. The highest BCUT2D eigenvalue weighted by atomic mass is 15.1. The van der Waals surface area contributed by atoms with Crippen LogP contribution in [-0.2, 0) is 13.0 Å². The predicted octanol–water partition coefficient (Wildman–Crippen LogP) is 1.98. The van der Waals surface area contributed by atoms with Crippen molar-refractivity contribution in [1.29, 1.82) is 0 Å². The molecule has 0 unspecified atom stereocenters. The maximum Gasteiger partial charge on any atom is 0.108 e. The largest absolute Gasteiger partial charge is 0.335 e. The number of hydrogen-bond acceptors (Lipinski definition) is 2. The molecule has 0 spiro atoms. The van der Waals surface area contributed by atoms with E-state index in [4.69, 9.17) is 0 Å². The first-order valence-electron chi connectivity index (χ1n) is 6.13. The fraction of sp³-hybridized carbons (Fsp3) is 0.750. The average molecular weight is 207 g/mol. The third-order valence-corrected chi connectivity index (χ3v) is 3.25. The molecule has 1 saturated heterocycles. The molecule has 0 aromatic carbocycles. The molecule has 0 aliphatic carbocycles. The summed E-state index contributed by atoms with van der Waals surface area (Å²) in [6.45, 7) is 4.48. The van der Waals surface area contributed by atoms with E-state index in [0.717, 1.165) is 19.0 Å². The molecule has 0 radical (unpaired) electrons. The van der Waals surface area contributed by atoms with Gasteiger partial charge in [0.2, 0.25) is 0 Å². The van der Waals surface area contributed by atoms with E-state index in [1.165, 1.54) is 38.1 Å². The topological polar surface area (TPSA) is 29.9 Å². The highest BCUT2D eigenvalue weighted by Crippen LogP contribution is 2.11. The molecule has 0 amide bonds. The Labute approximate surface area is 91.9 Å². The smallest absolute Gasteiger partial charge is 0.108 e. The van der Waals surface area contributed by atoms with Crippen LogP contribution in [0.3, 0.4) is 0 Å². The number of nitrogens with zero attached hydrogens (tertiary/aromatic N) is 2. The number of piperidine rings is 1. The van der Waals surface area contributed by atoms with Gasteiger partial charge in [-0.3, -0.25) is 0 Å². The van der Waals surface area contributed by atoms with Crippen LogP contribution in [0.1, 0.15) is 38.4 Å². The molecule has 1 N–H and O–H groups in total. The molecular weight excluding hydrogens is 186 g/mol. The molecule has 3 nitrogen and oxygen atoms in total. The van der Waals surface area contributed by atoms with E-state index in [2.05, 4.69) is 28.0 Å². The van der Waals surface area contributed by atoms with Crippen LogP contribution in [0.4, 0.5) is 0 Å². The second kappa shape index (κ2) is 5.31. The molecule has 1 aromatic rings. The van der Waals surface area contributed by atoms with Gasteiger partial charge in [-0.2, -0.15) is 0 Å². The summed E-state index contributed by atoms with van der Waals surface area (Å²) in [5, 5.41) is 3.59. The average Bonchev–Trinajstić information content (AvgIpc) is 2.75. The van der Waals surface area contributed by atoms with Gasteiger partial charge in [-0.25, -0.2) is 4.98 Å². The molecule has 0 bridgehead atoms. The van der Waals surface area contributed by atoms with Crippen molar-refractivity contribution in [2.45, 2.75) is 51.6 Å². The van der Waals surface area contributed by atoms with Crippen molar-refractivity contribution >= 4 is 0 Å². The van der Waals surface area contributed by atoms with Gasteiger partial charge in [0.25, 0.3) is 0 Å². The lowest BCUT2D eigenvalue weighted by Gasteiger charge is -2.23. The van der Waals surface area contributed by atoms with E-state index in [0.29, 0.717) is 0 Å². The van der Waals surface area contributed by atoms with Gasteiger partial charge in [-0.05, 0) is 25.8 Å². The lowest BCUT2D eigenvalue weighted by Crippen LogP contribution is -2.34. The van der Waals surface area contributed by atoms with E-state index >= 15 is 0 Å². The van der Waals surface area contributed by atoms with Crippen molar-refractivity contribution in [3.05, 3.63) is 18.2 Å². The number of nitrogens with one attached hydrogen (secondary N) is 1. The van der Waals surface area contributed by atoms with Gasteiger partial charge < -0.3 is 9.88 Å². The van der Waals surface area contributed by atoms with Crippen molar-refractivity contribution in [1.82, 2.24) is 14.9 Å². The predicted molar refractivity (Wildman–Crippen MR) is 61.9 cm³/mol. The van der Waals surface area contributed by atoms with Crippen LogP contribution in [0, 0.1) is 0 Å². The maximum absolute atomic E-state index is 4.34. The molecule has 1 fully saturated rings. The summed E-state index contributed by atoms with van der Waals surface area (Å²) in [7, 11) is 0. The van der Waals surface area contributed by atoms with Crippen molar-refractivity contribution in [2.75, 3.05) is 6.54 Å². The molecule has 84 valence electrons. The van der Waals surface area contributed by atoms with Gasteiger partial charge in [-0.1, -0.05) is 13.3 Å². The summed E-state index contributed by atoms with van der Waals surface area (Å²) in [5.41, 5.74) is 0. The molecule has 0 saturated carbocycles. The number of rotatable bonds is 4. The quantitative estimate of drug-likeness (QED) is 0.818. The molecule has 1 aliphatic rings. The Morgan fingerprint density at radius 1 is 1.53 bits per heavy atom. The fourth-order valence-electron chi connectivity index (χ4n) is 2.32. The Bertz CT molecular complexity index is 287. The minimum absolute atomic E-state index is 0.728. The second-order valence-corrected chi connectivity index (χ2v) is 4.33. The second-order valence-electron chi connectivity index (χ2n) is 4.33. The van der Waals surface area contributed by atoms with E-state index in [9.17, 15) is 0 Å². The van der Waals surface area contributed by atoms with Crippen molar-refractivity contribution in [3.8, 4) is 0 Å². The zero-order valence-electron chi connectivity index (χ0n) is 9.58. The van der Waals surface area contributed by atoms with E-state index in [1.807, 2.05) is 6.20 Å². The van der Waals surface area contributed by atoms with Gasteiger partial charge in [0, 0.05) is 31.4 Å². The fourth-order valence-corrected chi connectivity index (χ4v) is 2.32. The van der Waals surface area contributed by atoms with Gasteiger partial charge in [0.15, 0.2) is 0 Å². The van der Waals surface area contributed by atoms with Gasteiger partial charge in [0.1, 0.15) is 5.82 Å². The zero-order valence-corrected chi connectivity index (χ0v) is 9.58. The summed E-state index contributed by atoms with van der Waals surface area (Å²) < 4.78 is 2.29. The molecule has 1 aromatic heterocycles. The maximum atomic E-state index is 4.34. The third kappa shape index (κ3) is 2.81.